The van der Waals surface area contributed by atoms with Crippen LogP contribution in [0.15, 0.2) is 40.8 Å². The number of fused-ring (bicyclic) bond motifs is 1. The van der Waals surface area contributed by atoms with E-state index in [1.54, 1.807) is 12.2 Å². The first-order chi connectivity index (χ1) is 12.6. The maximum atomic E-state index is 12.2. The summed E-state index contributed by atoms with van der Waals surface area (Å²) in [7, 11) is -1.16. The molecule has 0 saturated carbocycles. The van der Waals surface area contributed by atoms with E-state index in [4.69, 9.17) is 20.7 Å². The predicted octanol–water partition coefficient (Wildman–Crippen LogP) is 2.90. The van der Waals surface area contributed by atoms with E-state index in [2.05, 4.69) is 18.2 Å². The molecule has 1 aromatic carbocycles. The van der Waals surface area contributed by atoms with Crippen molar-refractivity contribution in [2.45, 2.75) is 25.7 Å². The Kier molecular flexibility index (Phi) is 6.96. The lowest BCUT2D eigenvalue weighted by molar-refractivity contribution is -0.120. The van der Waals surface area contributed by atoms with Gasteiger partial charge in [-0.1, -0.05) is 36.4 Å². The van der Waals surface area contributed by atoms with E-state index in [0.717, 1.165) is 5.56 Å². The van der Waals surface area contributed by atoms with Crippen LogP contribution in [0.4, 0.5) is 0 Å². The van der Waals surface area contributed by atoms with E-state index >= 15 is 0 Å². The minimum atomic E-state index is -1.16. The maximum absolute atomic E-state index is 12.2. The number of benzene rings is 1. The molecule has 1 unspecified atom stereocenters. The summed E-state index contributed by atoms with van der Waals surface area (Å²) in [5.41, 5.74) is 1.55. The Labute approximate surface area is 158 Å². The highest BCUT2D eigenvalue weighted by Crippen LogP contribution is 2.38. The van der Waals surface area contributed by atoms with Crippen LogP contribution in [0.1, 0.15) is 23.8 Å². The van der Waals surface area contributed by atoms with Crippen LogP contribution in [0.25, 0.3) is 6.08 Å². The molecule has 0 saturated heterocycles. The van der Waals surface area contributed by atoms with Crippen LogP contribution in [-0.2, 0) is 17.6 Å². The normalized spacial score (nSPS) is 15.6. The molecule has 5 nitrogen and oxygen atoms in total. The molecule has 1 aliphatic rings. The summed E-state index contributed by atoms with van der Waals surface area (Å²) in [5.74, 6) is 0.123. The second-order valence-electron chi connectivity index (χ2n) is 5.60. The standard InChI is InChI=1S/C17H17BClNO4.C2H2/c1-2-6-13-16-12(17(19)23-13)10-14(18(22)24-16)20-15(21)9-11-7-4-3-5-8-11;1-2/h2-8,14,22H,9-10H2,1H3,(H,20,21);1-2H/b6-2-;. The molecule has 7 heteroatoms. The van der Waals surface area contributed by atoms with Crippen LogP contribution in [-0.4, -0.2) is 24.0 Å². The third kappa shape index (κ3) is 4.51. The van der Waals surface area contributed by atoms with Crippen molar-refractivity contribution in [2.24, 2.45) is 0 Å². The van der Waals surface area contributed by atoms with Crippen molar-refractivity contribution < 1.29 is 18.9 Å². The minimum absolute atomic E-state index is 0.189. The molecule has 1 aliphatic heterocycles. The smallest absolute Gasteiger partial charge is 0.532 e. The number of amides is 1. The van der Waals surface area contributed by atoms with E-state index in [9.17, 15) is 9.82 Å². The Balaban J connectivity index is 0.00000117. The van der Waals surface area contributed by atoms with Crippen LogP contribution in [0, 0.1) is 12.8 Å². The predicted molar refractivity (Wildman–Crippen MR) is 103 cm³/mol. The number of terminal acetylenes is 1. The average Bonchev–Trinajstić information content (AvgIpc) is 2.93. The third-order valence-electron chi connectivity index (χ3n) is 3.81. The zero-order chi connectivity index (χ0) is 19.1. The number of nitrogens with one attached hydrogen (secondary N) is 1. The first-order valence-corrected chi connectivity index (χ1v) is 8.41. The van der Waals surface area contributed by atoms with Gasteiger partial charge >= 0.3 is 7.12 Å². The lowest BCUT2D eigenvalue weighted by Gasteiger charge is -2.26. The Morgan fingerprint density at radius 1 is 1.42 bits per heavy atom. The Morgan fingerprint density at radius 3 is 2.77 bits per heavy atom. The molecule has 2 N–H and O–H groups in total. The second kappa shape index (κ2) is 9.18. The summed E-state index contributed by atoms with van der Waals surface area (Å²) in [6.45, 7) is 1.84. The molecule has 134 valence electrons. The van der Waals surface area contributed by atoms with Crippen LogP contribution < -0.4 is 9.97 Å². The van der Waals surface area contributed by atoms with Gasteiger partial charge in [-0.2, -0.15) is 0 Å². The highest BCUT2D eigenvalue weighted by molar-refractivity contribution is 6.47. The lowest BCUT2D eigenvalue weighted by Crippen LogP contribution is -2.53. The fourth-order valence-electron chi connectivity index (χ4n) is 2.69. The topological polar surface area (TPSA) is 71.7 Å². The molecule has 1 aromatic heterocycles. The fraction of sp³-hybridized carbons (Fsp3) is 0.211. The first-order valence-electron chi connectivity index (χ1n) is 8.03. The number of hydrogen-bond acceptors (Lipinski definition) is 4. The summed E-state index contributed by atoms with van der Waals surface area (Å²) >= 11 is 6.10. The number of furan rings is 1. The van der Waals surface area contributed by atoms with Crippen molar-refractivity contribution in [3.63, 3.8) is 0 Å². The zero-order valence-corrected chi connectivity index (χ0v) is 15.1. The van der Waals surface area contributed by atoms with Gasteiger partial charge in [0.1, 0.15) is 0 Å². The molecule has 26 heavy (non-hydrogen) atoms. The van der Waals surface area contributed by atoms with Gasteiger partial charge in [-0.05, 0) is 30.2 Å². The number of hydrogen-bond donors (Lipinski definition) is 2. The number of carbonyl (C=O) groups excluding carboxylic acids is 1. The van der Waals surface area contributed by atoms with Crippen molar-refractivity contribution in [3.8, 4) is 18.6 Å². The van der Waals surface area contributed by atoms with Crippen molar-refractivity contribution >= 4 is 30.7 Å². The second-order valence-corrected chi connectivity index (χ2v) is 5.94. The summed E-state index contributed by atoms with van der Waals surface area (Å²) in [5, 5.41) is 13.2. The van der Waals surface area contributed by atoms with Crippen LogP contribution in [0.5, 0.6) is 5.75 Å². The SMILES string of the molecule is C#C.C/C=C\c1oc(Cl)c2c1OB(O)C(NC(=O)Cc1ccccc1)C2. The van der Waals surface area contributed by atoms with Crippen molar-refractivity contribution in [2.75, 3.05) is 0 Å². The van der Waals surface area contributed by atoms with E-state index in [0.29, 0.717) is 23.5 Å². The summed E-state index contributed by atoms with van der Waals surface area (Å²) in [4.78, 5) is 12.2. The van der Waals surface area contributed by atoms with Gasteiger partial charge in [0, 0.05) is 6.42 Å². The molecule has 0 radical (unpaired) electrons. The summed E-state index contributed by atoms with van der Waals surface area (Å²) < 4.78 is 10.9. The molecule has 1 amide bonds. The number of carbonyl (C=O) groups is 1. The van der Waals surface area contributed by atoms with Crippen LogP contribution in [0.3, 0.4) is 0 Å². The van der Waals surface area contributed by atoms with Gasteiger partial charge < -0.3 is 19.4 Å². The number of allylic oxidation sites excluding steroid dienone is 1. The number of rotatable bonds is 4. The third-order valence-corrected chi connectivity index (χ3v) is 4.12. The molecular weight excluding hydrogens is 352 g/mol. The Bertz CT molecular complexity index is 801. The van der Waals surface area contributed by atoms with Crippen molar-refractivity contribution in [1.29, 1.82) is 0 Å². The highest BCUT2D eigenvalue weighted by Gasteiger charge is 2.39. The van der Waals surface area contributed by atoms with E-state index in [1.807, 2.05) is 37.3 Å². The van der Waals surface area contributed by atoms with E-state index in [1.165, 1.54) is 0 Å². The summed E-state index contributed by atoms with van der Waals surface area (Å²) in [6, 6.07) is 9.40. The molecule has 1 atom stereocenters. The Hall–Kier alpha value is -2.62. The maximum Gasteiger partial charge on any atom is 0.547 e. The lowest BCUT2D eigenvalue weighted by atomic mass is 9.73. The monoisotopic (exact) mass is 371 g/mol. The van der Waals surface area contributed by atoms with Gasteiger partial charge in [0.25, 0.3) is 0 Å². The van der Waals surface area contributed by atoms with Crippen molar-refractivity contribution in [3.05, 3.63) is 58.5 Å². The van der Waals surface area contributed by atoms with E-state index < -0.39 is 13.1 Å². The summed E-state index contributed by atoms with van der Waals surface area (Å²) in [6.07, 6.45) is 12.1. The van der Waals surface area contributed by atoms with Crippen molar-refractivity contribution in [1.82, 2.24) is 5.32 Å². The molecule has 3 rings (SSSR count). The zero-order valence-electron chi connectivity index (χ0n) is 14.3. The van der Waals surface area contributed by atoms with Gasteiger partial charge in [0.05, 0.1) is 17.9 Å². The molecule has 0 fully saturated rings. The van der Waals surface area contributed by atoms with Gasteiger partial charge in [0.2, 0.25) is 11.1 Å². The largest absolute Gasteiger partial charge is 0.547 e. The van der Waals surface area contributed by atoms with Gasteiger partial charge in [-0.3, -0.25) is 4.79 Å². The van der Waals surface area contributed by atoms with Gasteiger partial charge in [0.15, 0.2) is 11.5 Å². The molecular formula is C19H19BClNO4. The minimum Gasteiger partial charge on any atom is -0.532 e. The molecule has 0 spiro atoms. The average molecular weight is 372 g/mol. The van der Waals surface area contributed by atoms with E-state index in [-0.39, 0.29) is 17.5 Å². The number of halogens is 1. The molecule has 0 bridgehead atoms. The molecule has 0 aliphatic carbocycles. The van der Waals surface area contributed by atoms with Gasteiger partial charge in [-0.25, -0.2) is 0 Å². The Morgan fingerprint density at radius 2 is 2.12 bits per heavy atom. The van der Waals surface area contributed by atoms with Gasteiger partial charge in [-0.15, -0.1) is 12.8 Å². The highest BCUT2D eigenvalue weighted by atomic mass is 35.5. The van der Waals surface area contributed by atoms with Crippen LogP contribution >= 0.6 is 11.6 Å². The quantitative estimate of drug-likeness (QED) is 0.640. The fourth-order valence-corrected chi connectivity index (χ4v) is 2.94. The first kappa shape index (κ1) is 19.7. The molecule has 2 aromatic rings. The molecule has 2 heterocycles. The van der Waals surface area contributed by atoms with Crippen LogP contribution in [0.2, 0.25) is 5.22 Å².